The number of amides is 1. The number of imidazole rings is 1. The Hall–Kier alpha value is -2.79. The maximum atomic E-state index is 12.6. The second-order valence-corrected chi connectivity index (χ2v) is 6.34. The number of nitrogen functional groups attached to an aromatic ring is 1. The predicted molar refractivity (Wildman–Crippen MR) is 113 cm³/mol. The van der Waals surface area contributed by atoms with Crippen LogP contribution < -0.4 is 11.1 Å². The van der Waals surface area contributed by atoms with E-state index in [-0.39, 0.29) is 18.3 Å². The van der Waals surface area contributed by atoms with Gasteiger partial charge in [0.05, 0.1) is 17.6 Å². The minimum absolute atomic E-state index is 0. The van der Waals surface area contributed by atoms with Crippen molar-refractivity contribution in [1.29, 1.82) is 0 Å². The van der Waals surface area contributed by atoms with Gasteiger partial charge in [-0.1, -0.05) is 50.1 Å². The number of nitrogens with two attached hydrogens (primary N) is 1. The highest BCUT2D eigenvalue weighted by Gasteiger charge is 2.11. The van der Waals surface area contributed by atoms with Gasteiger partial charge in [-0.15, -0.1) is 12.4 Å². The summed E-state index contributed by atoms with van der Waals surface area (Å²) in [6.45, 7) is 2.20. The number of halogens is 1. The van der Waals surface area contributed by atoms with Crippen LogP contribution in [-0.2, 0) is 6.42 Å². The molecule has 0 saturated heterocycles. The van der Waals surface area contributed by atoms with Gasteiger partial charge < -0.3 is 16.0 Å². The molecule has 27 heavy (non-hydrogen) atoms. The molecule has 0 spiro atoms. The normalized spacial score (nSPS) is 10.3. The third-order valence-corrected chi connectivity index (χ3v) is 4.35. The molecule has 0 aliphatic heterocycles. The molecule has 4 N–H and O–H groups in total. The molecule has 0 aliphatic carbocycles. The van der Waals surface area contributed by atoms with E-state index in [1.807, 2.05) is 48.5 Å². The summed E-state index contributed by atoms with van der Waals surface area (Å²) in [4.78, 5) is 19.6. The zero-order valence-corrected chi connectivity index (χ0v) is 16.2. The number of hydrogen-bond acceptors (Lipinski definition) is 3. The topological polar surface area (TPSA) is 83.8 Å². The zero-order chi connectivity index (χ0) is 18.4. The summed E-state index contributed by atoms with van der Waals surface area (Å²) in [7, 11) is 0. The summed E-state index contributed by atoms with van der Waals surface area (Å²) in [6.07, 6.45) is 6.34. The maximum absolute atomic E-state index is 12.6. The summed E-state index contributed by atoms with van der Waals surface area (Å²) >= 11 is 0. The minimum Gasteiger partial charge on any atom is -0.369 e. The fourth-order valence-electron chi connectivity index (χ4n) is 2.90. The molecule has 0 radical (unpaired) electrons. The monoisotopic (exact) mass is 384 g/mol. The molecule has 0 fully saturated rings. The van der Waals surface area contributed by atoms with E-state index in [0.29, 0.717) is 17.2 Å². The Morgan fingerprint density at radius 3 is 2.52 bits per heavy atom. The van der Waals surface area contributed by atoms with Gasteiger partial charge in [0.2, 0.25) is 0 Å². The number of anilines is 2. The standard InChI is InChI=1S/C21H24N4O.ClH/c1-2-3-4-7-15-10-12-16(13-11-15)20(26)24-18-9-6-5-8-17(18)19-14-23-21(22)25-19;/h5-6,8-14H,2-4,7H2,1H3,(H,24,26)(H3,22,23,25);1H. The van der Waals surface area contributed by atoms with Crippen LogP contribution in [0.4, 0.5) is 11.6 Å². The number of unbranched alkanes of at least 4 members (excludes halogenated alkanes) is 2. The Bertz CT molecular complexity index is 874. The fraction of sp³-hybridized carbons (Fsp3) is 0.238. The second kappa shape index (κ2) is 9.78. The number of aryl methyl sites for hydroxylation is 1. The van der Waals surface area contributed by atoms with Crippen molar-refractivity contribution in [2.24, 2.45) is 0 Å². The molecular weight excluding hydrogens is 360 g/mol. The van der Waals surface area contributed by atoms with Gasteiger partial charge in [0.15, 0.2) is 5.95 Å². The van der Waals surface area contributed by atoms with E-state index in [0.717, 1.165) is 17.7 Å². The predicted octanol–water partition coefficient (Wildman–Crippen LogP) is 5.07. The Morgan fingerprint density at radius 1 is 1.11 bits per heavy atom. The maximum Gasteiger partial charge on any atom is 0.255 e. The van der Waals surface area contributed by atoms with E-state index in [2.05, 4.69) is 22.2 Å². The molecule has 0 unspecified atom stereocenters. The SMILES string of the molecule is CCCCCc1ccc(C(=O)Nc2ccccc2-c2cnc(N)[nH]2)cc1.Cl. The first-order valence-corrected chi connectivity index (χ1v) is 8.97. The second-order valence-electron chi connectivity index (χ2n) is 6.34. The molecule has 1 heterocycles. The highest BCUT2D eigenvalue weighted by Crippen LogP contribution is 2.27. The van der Waals surface area contributed by atoms with Crippen molar-refractivity contribution in [1.82, 2.24) is 9.97 Å². The Morgan fingerprint density at radius 2 is 1.85 bits per heavy atom. The van der Waals surface area contributed by atoms with Crippen molar-refractivity contribution in [3.63, 3.8) is 0 Å². The quantitative estimate of drug-likeness (QED) is 0.497. The van der Waals surface area contributed by atoms with E-state index >= 15 is 0 Å². The van der Waals surface area contributed by atoms with E-state index in [9.17, 15) is 4.79 Å². The molecule has 6 heteroatoms. The van der Waals surface area contributed by atoms with Gasteiger partial charge in [-0.25, -0.2) is 4.98 Å². The number of carbonyl (C=O) groups excluding carboxylic acids is 1. The summed E-state index contributed by atoms with van der Waals surface area (Å²) in [6, 6.07) is 15.4. The van der Waals surface area contributed by atoms with Gasteiger partial charge in [0, 0.05) is 11.1 Å². The average Bonchev–Trinajstić information content (AvgIpc) is 3.09. The largest absolute Gasteiger partial charge is 0.369 e. The third kappa shape index (κ3) is 5.34. The summed E-state index contributed by atoms with van der Waals surface area (Å²) in [5, 5.41) is 2.98. The summed E-state index contributed by atoms with van der Waals surface area (Å²) in [5.74, 6) is 0.213. The first-order chi connectivity index (χ1) is 12.7. The zero-order valence-electron chi connectivity index (χ0n) is 15.4. The number of benzene rings is 2. The van der Waals surface area contributed by atoms with Crippen LogP contribution in [0.25, 0.3) is 11.3 Å². The molecule has 0 aliphatic rings. The van der Waals surface area contributed by atoms with Crippen LogP contribution >= 0.6 is 12.4 Å². The molecule has 0 saturated carbocycles. The lowest BCUT2D eigenvalue weighted by Crippen LogP contribution is -2.12. The number of rotatable bonds is 7. The lowest BCUT2D eigenvalue weighted by molar-refractivity contribution is 0.102. The van der Waals surface area contributed by atoms with E-state index < -0.39 is 0 Å². The molecule has 0 atom stereocenters. The van der Waals surface area contributed by atoms with Crippen LogP contribution in [0.15, 0.2) is 54.7 Å². The number of nitrogens with zero attached hydrogens (tertiary/aromatic N) is 1. The highest BCUT2D eigenvalue weighted by atomic mass is 35.5. The van der Waals surface area contributed by atoms with Crippen LogP contribution in [0, 0.1) is 0 Å². The Kier molecular flexibility index (Phi) is 7.44. The van der Waals surface area contributed by atoms with Gasteiger partial charge in [-0.05, 0) is 36.6 Å². The minimum atomic E-state index is -0.134. The number of para-hydroxylation sites is 1. The van der Waals surface area contributed by atoms with E-state index in [1.165, 1.54) is 24.8 Å². The van der Waals surface area contributed by atoms with Gasteiger partial charge >= 0.3 is 0 Å². The molecule has 142 valence electrons. The van der Waals surface area contributed by atoms with Crippen LogP contribution in [0.5, 0.6) is 0 Å². The van der Waals surface area contributed by atoms with Gasteiger partial charge in [0.25, 0.3) is 5.91 Å². The highest BCUT2D eigenvalue weighted by molar-refractivity contribution is 6.06. The van der Waals surface area contributed by atoms with Gasteiger partial charge in [-0.3, -0.25) is 4.79 Å². The molecule has 1 amide bonds. The van der Waals surface area contributed by atoms with Crippen molar-refractivity contribution < 1.29 is 4.79 Å². The van der Waals surface area contributed by atoms with E-state index in [4.69, 9.17) is 5.73 Å². The van der Waals surface area contributed by atoms with Crippen LogP contribution in [0.1, 0.15) is 42.1 Å². The molecule has 1 aromatic heterocycles. The summed E-state index contributed by atoms with van der Waals surface area (Å²) < 4.78 is 0. The average molecular weight is 385 g/mol. The van der Waals surface area contributed by atoms with Gasteiger partial charge in [0.1, 0.15) is 0 Å². The number of aromatic nitrogens is 2. The van der Waals surface area contributed by atoms with Gasteiger partial charge in [-0.2, -0.15) is 0 Å². The van der Waals surface area contributed by atoms with Crippen LogP contribution in [-0.4, -0.2) is 15.9 Å². The van der Waals surface area contributed by atoms with Crippen LogP contribution in [0.2, 0.25) is 0 Å². The number of aromatic amines is 1. The molecule has 5 nitrogen and oxygen atoms in total. The van der Waals surface area contributed by atoms with Crippen molar-refractivity contribution >= 4 is 29.9 Å². The number of nitrogens with one attached hydrogen (secondary N) is 2. The smallest absolute Gasteiger partial charge is 0.255 e. The van der Waals surface area contributed by atoms with Crippen LogP contribution in [0.3, 0.4) is 0 Å². The number of H-pyrrole nitrogens is 1. The number of hydrogen-bond donors (Lipinski definition) is 3. The Balaban J connectivity index is 0.00000261. The molecule has 0 bridgehead atoms. The molecule has 2 aromatic carbocycles. The summed E-state index contributed by atoms with van der Waals surface area (Å²) in [5.41, 5.74) is 9.90. The lowest BCUT2D eigenvalue weighted by Gasteiger charge is -2.10. The van der Waals surface area contributed by atoms with Crippen molar-refractivity contribution in [3.05, 3.63) is 65.9 Å². The number of carbonyl (C=O) groups is 1. The Labute approximate surface area is 165 Å². The first kappa shape index (κ1) is 20.5. The lowest BCUT2D eigenvalue weighted by atomic mass is 10.0. The van der Waals surface area contributed by atoms with Crippen molar-refractivity contribution in [3.8, 4) is 11.3 Å². The van der Waals surface area contributed by atoms with E-state index in [1.54, 1.807) is 6.20 Å². The first-order valence-electron chi connectivity index (χ1n) is 8.97. The molecular formula is C21H25ClN4O. The van der Waals surface area contributed by atoms with Crippen molar-refractivity contribution in [2.75, 3.05) is 11.1 Å². The molecule has 3 rings (SSSR count). The third-order valence-electron chi connectivity index (χ3n) is 4.35. The van der Waals surface area contributed by atoms with Crippen molar-refractivity contribution in [2.45, 2.75) is 32.6 Å². The molecule has 3 aromatic rings. The fourth-order valence-corrected chi connectivity index (χ4v) is 2.90.